The predicted octanol–water partition coefficient (Wildman–Crippen LogP) is 3.20. The quantitative estimate of drug-likeness (QED) is 0.560. The van der Waals surface area contributed by atoms with Crippen LogP contribution in [0, 0.1) is 0 Å². The van der Waals surface area contributed by atoms with Crippen molar-refractivity contribution in [3.05, 3.63) is 29.5 Å². The van der Waals surface area contributed by atoms with Gasteiger partial charge in [0.05, 0.1) is 13.1 Å². The predicted molar refractivity (Wildman–Crippen MR) is 116 cm³/mol. The van der Waals surface area contributed by atoms with Gasteiger partial charge in [-0.15, -0.1) is 0 Å². The summed E-state index contributed by atoms with van der Waals surface area (Å²) in [6, 6.07) is 5.48. The van der Waals surface area contributed by atoms with Crippen molar-refractivity contribution in [2.45, 2.75) is 45.8 Å². The molecule has 3 rings (SSSR count). The molecule has 1 atom stereocenters. The molecule has 1 aliphatic heterocycles. The third-order valence-electron chi connectivity index (χ3n) is 5.00. The van der Waals surface area contributed by atoms with Gasteiger partial charge in [0.1, 0.15) is 18.0 Å². The number of nitrogens with zero attached hydrogens (tertiary/aromatic N) is 2. The minimum Gasteiger partial charge on any atom is -0.492 e. The summed E-state index contributed by atoms with van der Waals surface area (Å²) in [6.45, 7) is 9.09. The van der Waals surface area contributed by atoms with Crippen LogP contribution >= 0.6 is 0 Å². The van der Waals surface area contributed by atoms with E-state index in [1.54, 1.807) is 4.90 Å². The van der Waals surface area contributed by atoms with Crippen LogP contribution in [0.15, 0.2) is 18.2 Å². The van der Waals surface area contributed by atoms with E-state index < -0.39 is 11.7 Å². The fourth-order valence-electron chi connectivity index (χ4n) is 3.75. The Morgan fingerprint density at radius 3 is 2.77 bits per heavy atom. The molecule has 31 heavy (non-hydrogen) atoms. The van der Waals surface area contributed by atoms with Gasteiger partial charge in [0.2, 0.25) is 6.41 Å². The molecular weight excluding hydrogens is 400 g/mol. The number of imide groups is 1. The lowest BCUT2D eigenvalue weighted by Crippen LogP contribution is -2.44. The molecular formula is C22H30N4O5. The smallest absolute Gasteiger partial charge is 0.407 e. The largest absolute Gasteiger partial charge is 0.492 e. The molecule has 4 amide bonds. The van der Waals surface area contributed by atoms with Crippen LogP contribution in [0.5, 0.6) is 5.75 Å². The molecule has 0 saturated carbocycles. The van der Waals surface area contributed by atoms with E-state index in [9.17, 15) is 14.4 Å². The number of aromatic nitrogens is 1. The number of aromatic amines is 1. The van der Waals surface area contributed by atoms with Crippen LogP contribution in [-0.2, 0) is 16.1 Å². The molecule has 0 spiro atoms. The number of benzene rings is 1. The van der Waals surface area contributed by atoms with Crippen LogP contribution < -0.4 is 10.1 Å². The molecule has 2 aromatic rings. The minimum atomic E-state index is -0.539. The topological polar surface area (TPSA) is 104 Å². The molecule has 9 nitrogen and oxygen atoms in total. The summed E-state index contributed by atoms with van der Waals surface area (Å²) in [4.78, 5) is 41.1. The standard InChI is InChI=1S/C22H30N4O5/c1-14-11-26(21(29)25(5)13-27)12-18-19(14)16-10-15(6-7-17(16)24-18)30-9-8-23-20(28)31-22(2,3)4/h6-7,10,13-14,24H,8-9,11-12H2,1-5H3,(H,23,28). The zero-order chi connectivity index (χ0) is 22.8. The molecule has 0 radical (unpaired) electrons. The van der Waals surface area contributed by atoms with Crippen molar-refractivity contribution in [2.24, 2.45) is 0 Å². The number of alkyl carbamates (subject to hydrolysis) is 1. The second kappa shape index (κ2) is 8.87. The molecule has 168 valence electrons. The normalized spacial score (nSPS) is 15.9. The fourth-order valence-corrected chi connectivity index (χ4v) is 3.75. The zero-order valence-corrected chi connectivity index (χ0v) is 18.7. The highest BCUT2D eigenvalue weighted by Crippen LogP contribution is 2.36. The van der Waals surface area contributed by atoms with Gasteiger partial charge in [0.25, 0.3) is 0 Å². The summed E-state index contributed by atoms with van der Waals surface area (Å²) in [7, 11) is 1.46. The maximum atomic E-state index is 12.4. The highest BCUT2D eigenvalue weighted by Gasteiger charge is 2.30. The molecule has 0 saturated heterocycles. The molecule has 9 heteroatoms. The first-order valence-corrected chi connectivity index (χ1v) is 10.3. The number of ether oxygens (including phenoxy) is 2. The van der Waals surface area contributed by atoms with Gasteiger partial charge in [-0.2, -0.15) is 0 Å². The third-order valence-corrected chi connectivity index (χ3v) is 5.00. The van der Waals surface area contributed by atoms with Gasteiger partial charge < -0.3 is 24.7 Å². The lowest BCUT2D eigenvalue weighted by atomic mass is 9.93. The SMILES string of the molecule is CC1CN(C(=O)N(C)C=O)Cc2[nH]c3ccc(OCCNC(=O)OC(C)(C)C)cc3c21. The molecule has 1 aromatic heterocycles. The van der Waals surface area contributed by atoms with E-state index in [-0.39, 0.29) is 11.9 Å². The van der Waals surface area contributed by atoms with E-state index in [0.717, 1.165) is 27.1 Å². The van der Waals surface area contributed by atoms with E-state index in [2.05, 4.69) is 17.2 Å². The van der Waals surface area contributed by atoms with Crippen molar-refractivity contribution in [1.82, 2.24) is 20.1 Å². The zero-order valence-electron chi connectivity index (χ0n) is 18.7. The molecule has 0 aliphatic carbocycles. The van der Waals surface area contributed by atoms with Crippen molar-refractivity contribution in [3.8, 4) is 5.75 Å². The fraction of sp³-hybridized carbons (Fsp3) is 0.500. The second-order valence-corrected chi connectivity index (χ2v) is 8.78. The van der Waals surface area contributed by atoms with E-state index in [4.69, 9.17) is 9.47 Å². The first-order valence-electron chi connectivity index (χ1n) is 10.3. The van der Waals surface area contributed by atoms with Gasteiger partial charge in [-0.05, 0) is 44.5 Å². The monoisotopic (exact) mass is 430 g/mol. The van der Waals surface area contributed by atoms with Gasteiger partial charge in [-0.3, -0.25) is 9.69 Å². The lowest BCUT2D eigenvalue weighted by Gasteiger charge is -2.32. The first kappa shape index (κ1) is 22.5. The van der Waals surface area contributed by atoms with Crippen molar-refractivity contribution in [1.29, 1.82) is 0 Å². The Bertz CT molecular complexity index is 978. The number of hydrogen-bond donors (Lipinski definition) is 2. The van der Waals surface area contributed by atoms with Gasteiger partial charge in [0.15, 0.2) is 0 Å². The summed E-state index contributed by atoms with van der Waals surface area (Å²) < 4.78 is 11.0. The summed E-state index contributed by atoms with van der Waals surface area (Å²) >= 11 is 0. The molecule has 1 aliphatic rings. The van der Waals surface area contributed by atoms with Crippen LogP contribution in [0.2, 0.25) is 0 Å². The summed E-state index contributed by atoms with van der Waals surface area (Å²) in [5.74, 6) is 0.803. The second-order valence-electron chi connectivity index (χ2n) is 8.78. The average molecular weight is 431 g/mol. The molecule has 1 unspecified atom stereocenters. The van der Waals surface area contributed by atoms with E-state index in [0.29, 0.717) is 38.4 Å². The average Bonchev–Trinajstić information content (AvgIpc) is 3.06. The Labute approximate surface area is 181 Å². The number of urea groups is 1. The summed E-state index contributed by atoms with van der Waals surface area (Å²) in [5.41, 5.74) is 2.55. The number of rotatable bonds is 5. The van der Waals surface area contributed by atoms with Crippen molar-refractivity contribution in [3.63, 3.8) is 0 Å². The van der Waals surface area contributed by atoms with Crippen LogP contribution in [-0.4, -0.2) is 65.7 Å². The van der Waals surface area contributed by atoms with Crippen molar-refractivity contribution >= 4 is 29.4 Å². The molecule has 0 fully saturated rings. The van der Waals surface area contributed by atoms with Crippen molar-refractivity contribution < 1.29 is 23.9 Å². The Hall–Kier alpha value is -3.23. The van der Waals surface area contributed by atoms with Crippen LogP contribution in [0.1, 0.15) is 44.9 Å². The van der Waals surface area contributed by atoms with Gasteiger partial charge in [0, 0.05) is 36.1 Å². The Morgan fingerprint density at radius 1 is 1.35 bits per heavy atom. The maximum Gasteiger partial charge on any atom is 0.407 e. The van der Waals surface area contributed by atoms with E-state index >= 15 is 0 Å². The van der Waals surface area contributed by atoms with Crippen LogP contribution in [0.25, 0.3) is 10.9 Å². The maximum absolute atomic E-state index is 12.4. The van der Waals surface area contributed by atoms with Gasteiger partial charge in [-0.1, -0.05) is 6.92 Å². The molecule has 1 aromatic carbocycles. The number of amides is 4. The number of carbonyl (C=O) groups is 3. The highest BCUT2D eigenvalue weighted by atomic mass is 16.6. The van der Waals surface area contributed by atoms with Crippen LogP contribution in [0.3, 0.4) is 0 Å². The van der Waals surface area contributed by atoms with Gasteiger partial charge in [-0.25, -0.2) is 9.59 Å². The van der Waals surface area contributed by atoms with E-state index in [1.807, 2.05) is 39.0 Å². The van der Waals surface area contributed by atoms with Crippen molar-refractivity contribution in [2.75, 3.05) is 26.7 Å². The van der Waals surface area contributed by atoms with E-state index in [1.165, 1.54) is 7.05 Å². The lowest BCUT2D eigenvalue weighted by molar-refractivity contribution is -0.115. The number of fused-ring (bicyclic) bond motifs is 3. The molecule has 2 heterocycles. The Balaban J connectivity index is 1.66. The number of hydrogen-bond acceptors (Lipinski definition) is 5. The Kier molecular flexibility index (Phi) is 6.42. The number of nitrogens with one attached hydrogen (secondary N) is 2. The number of carbonyl (C=O) groups excluding carboxylic acids is 3. The summed E-state index contributed by atoms with van der Waals surface area (Å²) in [5, 5.41) is 3.72. The van der Waals surface area contributed by atoms with Crippen LogP contribution in [0.4, 0.5) is 9.59 Å². The molecule has 2 N–H and O–H groups in total. The number of H-pyrrole nitrogens is 1. The highest BCUT2D eigenvalue weighted by molar-refractivity contribution is 5.88. The Morgan fingerprint density at radius 2 is 2.10 bits per heavy atom. The van der Waals surface area contributed by atoms with Gasteiger partial charge >= 0.3 is 12.1 Å². The minimum absolute atomic E-state index is 0.102. The molecule has 0 bridgehead atoms. The first-order chi connectivity index (χ1) is 14.6. The third kappa shape index (κ3) is 5.28. The summed E-state index contributed by atoms with van der Waals surface area (Å²) in [6.07, 6.45) is 0.0501.